The molecule has 0 saturated heterocycles. The third kappa shape index (κ3) is 6.10. The third-order valence-electron chi connectivity index (χ3n) is 19.0. The van der Waals surface area contributed by atoms with Gasteiger partial charge in [0.1, 0.15) is 0 Å². The van der Waals surface area contributed by atoms with Crippen molar-refractivity contribution < 1.29 is 0 Å². The van der Waals surface area contributed by atoms with Crippen LogP contribution in [-0.4, -0.2) is 26.5 Å². The Hall–Kier alpha value is -10.6. The molecule has 19 rings (SSSR count). The van der Waals surface area contributed by atoms with E-state index in [9.17, 15) is 0 Å². The Labute approximate surface area is 478 Å². The van der Waals surface area contributed by atoms with Crippen molar-refractivity contribution in [2.24, 2.45) is 0 Å². The SMILES string of the molecule is C1=CC2c3ccccc3N(c3ccc4c(c3)-n3c5ccccc5c5ccccc5c5ccccc5c5ccc6c(c53)B4c3cc(-n4c5ccccc5c5ccccc54)cc4c5ccccc5c5ccccc5c5ccccc5n-6c34)C2C=C1. The summed E-state index contributed by atoms with van der Waals surface area (Å²) in [5, 5.41) is 17.0. The number of hydrogen-bond donors (Lipinski definition) is 0. The van der Waals surface area contributed by atoms with E-state index in [2.05, 4.69) is 304 Å². The highest BCUT2D eigenvalue weighted by Gasteiger charge is 2.42. The standard InChI is InChI=1S/C78H49BN4/c1-5-25-54-50(21-1)52-23-3-7-27-56(52)64-42-44-74-76-78(64)83(73-40-20-10-30-59(54)73)75-47-48(80-68-35-15-11-31-60(68)61-32-12-16-36-69(61)80)41-43-66(75)79(76)67-46-49(81-70-37-17-13-33-62(70)63-34-14-18-38-71(63)81)45-65-57-28-8-4-24-53(57)51-22-2-6-26-55(51)58-29-9-19-39-72(58)82(74)77(65)67/h1-47,60,68H. The Bertz CT molecular complexity index is 5580. The fourth-order valence-corrected chi connectivity index (χ4v) is 15.7. The maximum atomic E-state index is 2.68. The molecule has 3 aliphatic heterocycles. The maximum Gasteiger partial charge on any atom is 0.252 e. The third-order valence-corrected chi connectivity index (χ3v) is 19.0. The highest BCUT2D eigenvalue weighted by Crippen LogP contribution is 2.49. The van der Waals surface area contributed by atoms with Gasteiger partial charge in [-0.05, 0) is 126 Å². The molecular weight excluding hydrogens is 1000 g/mol. The molecule has 4 nitrogen and oxygen atoms in total. The van der Waals surface area contributed by atoms with E-state index < -0.39 is 0 Å². The minimum Gasteiger partial charge on any atom is -0.333 e. The lowest BCUT2D eigenvalue weighted by Crippen LogP contribution is -2.59. The van der Waals surface area contributed by atoms with Gasteiger partial charge in [0.15, 0.2) is 0 Å². The first-order valence-electron chi connectivity index (χ1n) is 29.1. The van der Waals surface area contributed by atoms with Gasteiger partial charge in [0, 0.05) is 72.2 Å². The van der Waals surface area contributed by atoms with Crippen molar-refractivity contribution in [1.29, 1.82) is 0 Å². The van der Waals surface area contributed by atoms with Gasteiger partial charge < -0.3 is 18.6 Å². The summed E-state index contributed by atoms with van der Waals surface area (Å²) in [6.45, 7) is -0.209. The molecule has 2 unspecified atom stereocenters. The van der Waals surface area contributed by atoms with Gasteiger partial charge in [-0.1, -0.05) is 224 Å². The molecule has 0 saturated carbocycles. The van der Waals surface area contributed by atoms with E-state index >= 15 is 0 Å². The van der Waals surface area contributed by atoms with Crippen LogP contribution in [0.4, 0.5) is 11.4 Å². The molecule has 0 amide bonds. The van der Waals surface area contributed by atoms with Crippen molar-refractivity contribution in [3.05, 3.63) is 291 Å². The van der Waals surface area contributed by atoms with Crippen LogP contribution in [0.1, 0.15) is 11.5 Å². The van der Waals surface area contributed by atoms with Gasteiger partial charge >= 0.3 is 0 Å². The number of fused-ring (bicyclic) bond motifs is 25. The zero-order valence-electron chi connectivity index (χ0n) is 45.2. The highest BCUT2D eigenvalue weighted by molar-refractivity contribution is 7.00. The summed E-state index contributed by atoms with van der Waals surface area (Å²) in [6, 6.07) is 99.4. The number of benzene rings is 12. The van der Waals surface area contributed by atoms with Crippen molar-refractivity contribution in [2.45, 2.75) is 12.0 Å². The number of para-hydroxylation sites is 5. The summed E-state index contributed by atoms with van der Waals surface area (Å²) >= 11 is 0. The predicted octanol–water partition coefficient (Wildman–Crippen LogP) is 17.7. The number of hydrogen-bond acceptors (Lipinski definition) is 1. The largest absolute Gasteiger partial charge is 0.333 e. The molecule has 0 bridgehead atoms. The quantitative estimate of drug-likeness (QED) is 0.158. The van der Waals surface area contributed by atoms with Crippen LogP contribution < -0.4 is 21.3 Å². The average Bonchev–Trinajstić information content (AvgIpc) is 1.86. The number of rotatable bonds is 2. The lowest BCUT2D eigenvalue weighted by atomic mass is 9.34. The van der Waals surface area contributed by atoms with Crippen LogP contribution in [-0.2, 0) is 0 Å². The zero-order chi connectivity index (χ0) is 54.0. The van der Waals surface area contributed by atoms with Crippen LogP contribution >= 0.6 is 0 Å². The summed E-state index contributed by atoms with van der Waals surface area (Å²) < 4.78 is 7.89. The van der Waals surface area contributed by atoms with Gasteiger partial charge in [-0.2, -0.15) is 0 Å². The second-order valence-corrected chi connectivity index (χ2v) is 23.0. The van der Waals surface area contributed by atoms with E-state index in [1.165, 1.54) is 142 Å². The lowest BCUT2D eigenvalue weighted by Gasteiger charge is -2.37. The molecule has 2 atom stereocenters. The fraction of sp³-hybridized carbons (Fsp3) is 0.0256. The van der Waals surface area contributed by atoms with Crippen molar-refractivity contribution in [3.63, 3.8) is 0 Å². The molecule has 15 aromatic rings. The van der Waals surface area contributed by atoms with Crippen molar-refractivity contribution in [2.75, 3.05) is 4.90 Å². The van der Waals surface area contributed by atoms with Gasteiger partial charge in [0.25, 0.3) is 6.71 Å². The Kier molecular flexibility index (Phi) is 9.23. The molecule has 83 heavy (non-hydrogen) atoms. The Morgan fingerprint density at radius 3 is 1.30 bits per heavy atom. The molecule has 0 N–H and O–H groups in total. The van der Waals surface area contributed by atoms with E-state index in [-0.39, 0.29) is 18.7 Å². The molecule has 0 radical (unpaired) electrons. The van der Waals surface area contributed by atoms with Crippen molar-refractivity contribution in [1.82, 2.24) is 13.7 Å². The molecule has 384 valence electrons. The molecule has 6 heterocycles. The van der Waals surface area contributed by atoms with E-state index in [0.717, 1.165) is 16.7 Å². The Morgan fingerprint density at radius 1 is 0.277 bits per heavy atom. The Morgan fingerprint density at radius 2 is 0.723 bits per heavy atom. The first-order chi connectivity index (χ1) is 41.2. The minimum absolute atomic E-state index is 0.133. The summed E-state index contributed by atoms with van der Waals surface area (Å²) in [7, 11) is 0. The van der Waals surface area contributed by atoms with Crippen LogP contribution in [0, 0.1) is 0 Å². The van der Waals surface area contributed by atoms with Crippen LogP contribution in [0.3, 0.4) is 0 Å². The smallest absolute Gasteiger partial charge is 0.252 e. The number of aromatic nitrogens is 3. The molecule has 5 heteroatoms. The predicted molar refractivity (Wildman–Crippen MR) is 353 cm³/mol. The number of nitrogens with zero attached hydrogens (tertiary/aromatic N) is 4. The number of allylic oxidation sites excluding steroid dienone is 2. The molecule has 0 spiro atoms. The van der Waals surface area contributed by atoms with E-state index in [1.54, 1.807) is 0 Å². The second-order valence-electron chi connectivity index (χ2n) is 23.0. The summed E-state index contributed by atoms with van der Waals surface area (Å²) in [5.41, 5.74) is 18.2. The molecule has 3 aromatic heterocycles. The van der Waals surface area contributed by atoms with E-state index in [0.29, 0.717) is 0 Å². The van der Waals surface area contributed by atoms with Gasteiger partial charge in [0.2, 0.25) is 0 Å². The van der Waals surface area contributed by atoms with Crippen LogP contribution in [0.15, 0.2) is 285 Å². The van der Waals surface area contributed by atoms with Gasteiger partial charge in [-0.3, -0.25) is 0 Å². The number of anilines is 2. The van der Waals surface area contributed by atoms with E-state index in [4.69, 9.17) is 0 Å². The second kappa shape index (κ2) is 17.0. The van der Waals surface area contributed by atoms with Crippen LogP contribution in [0.25, 0.3) is 126 Å². The average molecular weight is 1050 g/mol. The first kappa shape index (κ1) is 45.2. The topological polar surface area (TPSA) is 18.0 Å². The molecule has 1 aliphatic carbocycles. The Balaban J connectivity index is 1.09. The molecular formula is C78H49BN4. The summed E-state index contributed by atoms with van der Waals surface area (Å²) in [4.78, 5) is 2.61. The van der Waals surface area contributed by atoms with Gasteiger partial charge in [-0.25, -0.2) is 0 Å². The van der Waals surface area contributed by atoms with Crippen molar-refractivity contribution in [3.8, 4) is 17.1 Å². The summed E-state index contributed by atoms with van der Waals surface area (Å²) in [5.74, 6) is 0.245. The normalized spacial score (nSPS) is 15.3. The fourth-order valence-electron chi connectivity index (χ4n) is 15.7. The highest BCUT2D eigenvalue weighted by atomic mass is 15.2. The summed E-state index contributed by atoms with van der Waals surface area (Å²) in [6.07, 6.45) is 9.25. The maximum absolute atomic E-state index is 2.68. The molecule has 0 fully saturated rings. The first-order valence-corrected chi connectivity index (χ1v) is 29.1. The lowest BCUT2D eigenvalue weighted by molar-refractivity contribution is 0.744. The van der Waals surface area contributed by atoms with Gasteiger partial charge in [0.05, 0.1) is 33.6 Å². The van der Waals surface area contributed by atoms with Gasteiger partial charge in [-0.15, -0.1) is 0 Å². The van der Waals surface area contributed by atoms with Crippen LogP contribution in [0.5, 0.6) is 0 Å². The molecule has 4 aliphatic rings. The van der Waals surface area contributed by atoms with Crippen LogP contribution in [0.2, 0.25) is 0 Å². The van der Waals surface area contributed by atoms with E-state index in [1.807, 2.05) is 0 Å². The van der Waals surface area contributed by atoms with Crippen molar-refractivity contribution >= 4 is 143 Å². The minimum atomic E-state index is -0.209. The zero-order valence-corrected chi connectivity index (χ0v) is 45.2. The molecule has 12 aromatic carbocycles. The monoisotopic (exact) mass is 1050 g/mol.